The van der Waals surface area contributed by atoms with Gasteiger partial charge in [-0.25, -0.2) is 0 Å². The molecule has 1 aliphatic carbocycles. The number of benzene rings is 1. The van der Waals surface area contributed by atoms with Gasteiger partial charge in [-0.05, 0) is 41.2 Å². The van der Waals surface area contributed by atoms with E-state index >= 15 is 0 Å². The summed E-state index contributed by atoms with van der Waals surface area (Å²) in [4.78, 5) is 0. The van der Waals surface area contributed by atoms with E-state index in [-0.39, 0.29) is 16.9 Å². The molecule has 1 aromatic carbocycles. The van der Waals surface area contributed by atoms with Crippen LogP contribution in [0, 0.1) is 5.41 Å². The quantitative estimate of drug-likeness (QED) is 0.850. The van der Waals surface area contributed by atoms with Gasteiger partial charge in [0.1, 0.15) is 0 Å². The minimum atomic E-state index is -0.199. The van der Waals surface area contributed by atoms with E-state index in [4.69, 9.17) is 0 Å². The standard InChI is InChI=1S/C18H28O/c1-17(2,3)15-9-7-14(8-10-15)13-16(19)18(4)11-5-6-12-18/h7-10,16,19H,5-6,11-13H2,1-4H3. The van der Waals surface area contributed by atoms with Gasteiger partial charge in [0.2, 0.25) is 0 Å². The molecule has 1 saturated carbocycles. The second-order valence-corrected chi connectivity index (χ2v) is 7.53. The van der Waals surface area contributed by atoms with E-state index in [0.717, 1.165) is 6.42 Å². The summed E-state index contributed by atoms with van der Waals surface area (Å²) < 4.78 is 0. The van der Waals surface area contributed by atoms with Crippen molar-refractivity contribution in [3.05, 3.63) is 35.4 Å². The third-order valence-electron chi connectivity index (χ3n) is 4.80. The molecule has 0 bridgehead atoms. The Morgan fingerprint density at radius 2 is 1.63 bits per heavy atom. The highest BCUT2D eigenvalue weighted by molar-refractivity contribution is 5.28. The van der Waals surface area contributed by atoms with Crippen LogP contribution in [-0.4, -0.2) is 11.2 Å². The molecular formula is C18H28O. The van der Waals surface area contributed by atoms with Crippen LogP contribution in [0.4, 0.5) is 0 Å². The third kappa shape index (κ3) is 3.39. The minimum Gasteiger partial charge on any atom is -0.392 e. The molecule has 1 aliphatic rings. The van der Waals surface area contributed by atoms with Crippen molar-refractivity contribution in [1.82, 2.24) is 0 Å². The lowest BCUT2D eigenvalue weighted by atomic mass is 9.79. The highest BCUT2D eigenvalue weighted by Crippen LogP contribution is 2.41. The molecule has 0 radical (unpaired) electrons. The third-order valence-corrected chi connectivity index (χ3v) is 4.80. The van der Waals surface area contributed by atoms with Gasteiger partial charge >= 0.3 is 0 Å². The Morgan fingerprint density at radius 3 is 2.11 bits per heavy atom. The fraction of sp³-hybridized carbons (Fsp3) is 0.667. The fourth-order valence-corrected chi connectivity index (χ4v) is 3.13. The van der Waals surface area contributed by atoms with Crippen molar-refractivity contribution in [3.8, 4) is 0 Å². The number of aliphatic hydroxyl groups excluding tert-OH is 1. The van der Waals surface area contributed by atoms with E-state index in [9.17, 15) is 5.11 Å². The highest BCUT2D eigenvalue weighted by Gasteiger charge is 2.35. The zero-order valence-corrected chi connectivity index (χ0v) is 12.9. The maximum Gasteiger partial charge on any atom is 0.0634 e. The summed E-state index contributed by atoms with van der Waals surface area (Å²) in [5, 5.41) is 10.5. The topological polar surface area (TPSA) is 20.2 Å². The van der Waals surface area contributed by atoms with Crippen LogP contribution in [-0.2, 0) is 11.8 Å². The summed E-state index contributed by atoms with van der Waals surface area (Å²) in [6.45, 7) is 8.94. The molecule has 0 heterocycles. The lowest BCUT2D eigenvalue weighted by Crippen LogP contribution is -2.31. The monoisotopic (exact) mass is 260 g/mol. The minimum absolute atomic E-state index is 0.142. The Hall–Kier alpha value is -0.820. The van der Waals surface area contributed by atoms with Crippen LogP contribution in [0.2, 0.25) is 0 Å². The van der Waals surface area contributed by atoms with E-state index in [1.54, 1.807) is 0 Å². The fourth-order valence-electron chi connectivity index (χ4n) is 3.13. The molecule has 0 aliphatic heterocycles. The van der Waals surface area contributed by atoms with Crippen LogP contribution in [0.1, 0.15) is 64.5 Å². The first kappa shape index (κ1) is 14.6. The van der Waals surface area contributed by atoms with Gasteiger partial charge in [0.15, 0.2) is 0 Å². The molecule has 1 aromatic rings. The molecule has 2 rings (SSSR count). The molecule has 1 atom stereocenters. The maximum absolute atomic E-state index is 10.5. The van der Waals surface area contributed by atoms with E-state index in [1.807, 2.05) is 0 Å². The SMILES string of the molecule is CC(C)(C)c1ccc(CC(O)C2(C)CCCC2)cc1. The second-order valence-electron chi connectivity index (χ2n) is 7.53. The van der Waals surface area contributed by atoms with Crippen LogP contribution in [0.15, 0.2) is 24.3 Å². The van der Waals surface area contributed by atoms with Crippen LogP contribution < -0.4 is 0 Å². The molecule has 19 heavy (non-hydrogen) atoms. The maximum atomic E-state index is 10.5. The van der Waals surface area contributed by atoms with Crippen molar-refractivity contribution in [2.75, 3.05) is 0 Å². The molecule has 1 N–H and O–H groups in total. The molecule has 0 aromatic heterocycles. The summed E-state index contributed by atoms with van der Waals surface area (Å²) in [7, 11) is 0. The first-order valence-electron chi connectivity index (χ1n) is 7.59. The molecule has 0 saturated heterocycles. The van der Waals surface area contributed by atoms with E-state index in [0.29, 0.717) is 0 Å². The van der Waals surface area contributed by atoms with Gasteiger partial charge in [-0.15, -0.1) is 0 Å². The number of hydrogen-bond donors (Lipinski definition) is 1. The zero-order valence-electron chi connectivity index (χ0n) is 12.9. The molecule has 1 heteroatoms. The van der Waals surface area contributed by atoms with Crippen molar-refractivity contribution in [2.24, 2.45) is 5.41 Å². The summed E-state index contributed by atoms with van der Waals surface area (Å²) >= 11 is 0. The van der Waals surface area contributed by atoms with Gasteiger partial charge in [0.05, 0.1) is 6.10 Å². The van der Waals surface area contributed by atoms with E-state index in [2.05, 4.69) is 52.0 Å². The second kappa shape index (κ2) is 5.28. The largest absolute Gasteiger partial charge is 0.392 e. The molecular weight excluding hydrogens is 232 g/mol. The van der Waals surface area contributed by atoms with E-state index in [1.165, 1.54) is 36.8 Å². The van der Waals surface area contributed by atoms with Crippen LogP contribution in [0.3, 0.4) is 0 Å². The first-order valence-corrected chi connectivity index (χ1v) is 7.59. The number of rotatable bonds is 3. The summed E-state index contributed by atoms with van der Waals surface area (Å²) in [6.07, 6.45) is 5.49. The van der Waals surface area contributed by atoms with Crippen molar-refractivity contribution in [3.63, 3.8) is 0 Å². The van der Waals surface area contributed by atoms with Crippen molar-refractivity contribution in [1.29, 1.82) is 0 Å². The van der Waals surface area contributed by atoms with Crippen LogP contribution in [0.5, 0.6) is 0 Å². The van der Waals surface area contributed by atoms with Crippen molar-refractivity contribution in [2.45, 2.75) is 71.3 Å². The zero-order chi connectivity index (χ0) is 14.1. The molecule has 106 valence electrons. The molecule has 1 nitrogen and oxygen atoms in total. The lowest BCUT2D eigenvalue weighted by molar-refractivity contribution is 0.0424. The Balaban J connectivity index is 2.03. The molecule has 0 spiro atoms. The molecule has 0 amide bonds. The normalized spacial score (nSPS) is 20.5. The molecule has 1 unspecified atom stereocenters. The number of aliphatic hydroxyl groups is 1. The molecule has 1 fully saturated rings. The summed E-state index contributed by atoms with van der Waals surface area (Å²) in [5.74, 6) is 0. The van der Waals surface area contributed by atoms with Crippen LogP contribution in [0.25, 0.3) is 0 Å². The highest BCUT2D eigenvalue weighted by atomic mass is 16.3. The van der Waals surface area contributed by atoms with Gasteiger partial charge in [-0.1, -0.05) is 64.8 Å². The van der Waals surface area contributed by atoms with Gasteiger partial charge in [0, 0.05) is 0 Å². The van der Waals surface area contributed by atoms with Crippen molar-refractivity contribution >= 4 is 0 Å². The van der Waals surface area contributed by atoms with Gasteiger partial charge in [0.25, 0.3) is 0 Å². The lowest BCUT2D eigenvalue weighted by Gasteiger charge is -2.30. The summed E-state index contributed by atoms with van der Waals surface area (Å²) in [6, 6.07) is 8.78. The van der Waals surface area contributed by atoms with Crippen molar-refractivity contribution < 1.29 is 5.11 Å². The number of hydrogen-bond acceptors (Lipinski definition) is 1. The van der Waals surface area contributed by atoms with Gasteiger partial charge < -0.3 is 5.11 Å². The predicted molar refractivity (Wildman–Crippen MR) is 81.4 cm³/mol. The first-order chi connectivity index (χ1) is 8.81. The average molecular weight is 260 g/mol. The van der Waals surface area contributed by atoms with Crippen LogP contribution >= 0.6 is 0 Å². The Labute approximate surface area is 118 Å². The summed E-state index contributed by atoms with van der Waals surface area (Å²) in [5.41, 5.74) is 2.96. The Bertz CT molecular complexity index is 404. The van der Waals surface area contributed by atoms with Gasteiger partial charge in [-0.2, -0.15) is 0 Å². The smallest absolute Gasteiger partial charge is 0.0634 e. The van der Waals surface area contributed by atoms with Gasteiger partial charge in [-0.3, -0.25) is 0 Å². The average Bonchev–Trinajstić information content (AvgIpc) is 2.77. The van der Waals surface area contributed by atoms with E-state index < -0.39 is 0 Å². The Kier molecular flexibility index (Phi) is 4.06. The Morgan fingerprint density at radius 1 is 1.11 bits per heavy atom. The predicted octanol–water partition coefficient (Wildman–Crippen LogP) is 4.47.